The number of benzene rings is 2. The van der Waals surface area contributed by atoms with Crippen LogP contribution in [0.15, 0.2) is 53.3 Å². The quantitative estimate of drug-likeness (QED) is 0.556. The molecule has 1 amide bonds. The molecule has 2 aromatic carbocycles. The highest BCUT2D eigenvalue weighted by Gasteiger charge is 2.42. The third-order valence-electron chi connectivity index (χ3n) is 6.78. The van der Waals surface area contributed by atoms with Crippen LogP contribution in [0.4, 0.5) is 4.39 Å². The van der Waals surface area contributed by atoms with Crippen LogP contribution in [0.1, 0.15) is 50.1 Å². The molecule has 0 saturated heterocycles. The number of nitrogens with one attached hydrogen (secondary N) is 1. The van der Waals surface area contributed by atoms with Crippen molar-refractivity contribution in [3.8, 4) is 11.4 Å². The van der Waals surface area contributed by atoms with Crippen LogP contribution in [0.2, 0.25) is 5.02 Å². The molecule has 2 aliphatic rings. The standard InChI is InChI=1S/C25H26ClFN4O2/c26-19-7-5-18(6-8-19)25(13-1-2-14-25)23(32)28-15-16-30-24(33)31(21-11-12-21)22(29-30)17-3-9-20(27)10-4-17/h3-10,21H,1-2,11-16H2,(H,28,32). The van der Waals surface area contributed by atoms with Crippen LogP contribution in [0.3, 0.4) is 0 Å². The molecule has 0 unspecified atom stereocenters. The van der Waals surface area contributed by atoms with Crippen molar-refractivity contribution >= 4 is 17.5 Å². The van der Waals surface area contributed by atoms with Crippen molar-refractivity contribution in [2.75, 3.05) is 6.54 Å². The zero-order valence-corrected chi connectivity index (χ0v) is 19.0. The first-order valence-corrected chi connectivity index (χ1v) is 11.9. The number of hydrogen-bond acceptors (Lipinski definition) is 3. The number of carbonyl (C=O) groups excluding carboxylic acids is 1. The van der Waals surface area contributed by atoms with Gasteiger partial charge in [0.05, 0.1) is 12.0 Å². The molecular weight excluding hydrogens is 443 g/mol. The minimum Gasteiger partial charge on any atom is -0.353 e. The van der Waals surface area contributed by atoms with Crippen molar-refractivity contribution in [1.29, 1.82) is 0 Å². The van der Waals surface area contributed by atoms with Crippen molar-refractivity contribution in [3.63, 3.8) is 0 Å². The molecule has 0 spiro atoms. The zero-order valence-electron chi connectivity index (χ0n) is 18.3. The van der Waals surface area contributed by atoms with E-state index in [2.05, 4.69) is 10.4 Å². The fourth-order valence-electron chi connectivity index (χ4n) is 4.86. The average molecular weight is 469 g/mol. The molecule has 0 aliphatic heterocycles. The van der Waals surface area contributed by atoms with Gasteiger partial charge in [0.1, 0.15) is 5.82 Å². The van der Waals surface area contributed by atoms with Gasteiger partial charge in [0.2, 0.25) is 5.91 Å². The third kappa shape index (κ3) is 4.22. The summed E-state index contributed by atoms with van der Waals surface area (Å²) in [5, 5.41) is 8.22. The summed E-state index contributed by atoms with van der Waals surface area (Å²) in [6.45, 7) is 0.577. The highest BCUT2D eigenvalue weighted by Crippen LogP contribution is 2.41. The Morgan fingerprint density at radius 3 is 2.39 bits per heavy atom. The molecule has 33 heavy (non-hydrogen) atoms. The van der Waals surface area contributed by atoms with Crippen LogP contribution in [0.25, 0.3) is 11.4 Å². The Hall–Kier alpha value is -2.93. The molecule has 1 heterocycles. The number of aromatic nitrogens is 3. The summed E-state index contributed by atoms with van der Waals surface area (Å²) in [7, 11) is 0. The van der Waals surface area contributed by atoms with Crippen molar-refractivity contribution < 1.29 is 9.18 Å². The van der Waals surface area contributed by atoms with Crippen molar-refractivity contribution in [3.05, 3.63) is 75.4 Å². The Morgan fingerprint density at radius 2 is 1.76 bits per heavy atom. The molecule has 1 aromatic heterocycles. The molecule has 0 atom stereocenters. The Morgan fingerprint density at radius 1 is 1.09 bits per heavy atom. The molecule has 2 fully saturated rings. The number of carbonyl (C=O) groups is 1. The zero-order chi connectivity index (χ0) is 23.0. The normalized spacial score (nSPS) is 17.3. The summed E-state index contributed by atoms with van der Waals surface area (Å²) < 4.78 is 16.5. The van der Waals surface area contributed by atoms with E-state index in [-0.39, 0.29) is 30.0 Å². The Balaban J connectivity index is 1.33. The number of hydrogen-bond donors (Lipinski definition) is 1. The van der Waals surface area contributed by atoms with Gasteiger partial charge in [-0.15, -0.1) is 5.10 Å². The second-order valence-corrected chi connectivity index (χ2v) is 9.43. The van der Waals surface area contributed by atoms with E-state index in [1.807, 2.05) is 24.3 Å². The average Bonchev–Trinajstić information content (AvgIpc) is 3.42. The molecule has 0 bridgehead atoms. The first kappa shape index (κ1) is 21.9. The van der Waals surface area contributed by atoms with Gasteiger partial charge < -0.3 is 5.32 Å². The smallest absolute Gasteiger partial charge is 0.346 e. The highest BCUT2D eigenvalue weighted by atomic mass is 35.5. The van der Waals surface area contributed by atoms with Crippen LogP contribution in [-0.4, -0.2) is 26.8 Å². The molecule has 5 rings (SSSR count). The van der Waals surface area contributed by atoms with E-state index in [0.717, 1.165) is 44.1 Å². The van der Waals surface area contributed by atoms with Crippen LogP contribution >= 0.6 is 11.6 Å². The lowest BCUT2D eigenvalue weighted by atomic mass is 9.78. The summed E-state index contributed by atoms with van der Waals surface area (Å²) in [5.41, 5.74) is 0.938. The lowest BCUT2D eigenvalue weighted by Crippen LogP contribution is -2.44. The third-order valence-corrected chi connectivity index (χ3v) is 7.03. The molecular formula is C25H26ClFN4O2. The maximum Gasteiger partial charge on any atom is 0.346 e. The van der Waals surface area contributed by atoms with Crippen molar-refractivity contribution in [2.45, 2.75) is 56.5 Å². The molecule has 1 N–H and O–H groups in total. The molecule has 8 heteroatoms. The van der Waals surface area contributed by atoms with E-state index >= 15 is 0 Å². The number of halogens is 2. The lowest BCUT2D eigenvalue weighted by molar-refractivity contribution is -0.126. The highest BCUT2D eigenvalue weighted by molar-refractivity contribution is 6.30. The van der Waals surface area contributed by atoms with Gasteiger partial charge in [-0.05, 0) is 67.6 Å². The first-order valence-electron chi connectivity index (χ1n) is 11.5. The number of rotatable bonds is 7. The van der Waals surface area contributed by atoms with Gasteiger partial charge in [-0.1, -0.05) is 36.6 Å². The number of amides is 1. The van der Waals surface area contributed by atoms with Gasteiger partial charge in [-0.3, -0.25) is 9.36 Å². The molecule has 2 aliphatic carbocycles. The van der Waals surface area contributed by atoms with Gasteiger partial charge in [0, 0.05) is 23.2 Å². The number of nitrogens with zero attached hydrogens (tertiary/aromatic N) is 3. The van der Waals surface area contributed by atoms with Crippen LogP contribution < -0.4 is 11.0 Å². The van der Waals surface area contributed by atoms with Crippen LogP contribution in [-0.2, 0) is 16.8 Å². The van der Waals surface area contributed by atoms with Crippen molar-refractivity contribution in [1.82, 2.24) is 19.7 Å². The van der Waals surface area contributed by atoms with Gasteiger partial charge in [0.25, 0.3) is 0 Å². The van der Waals surface area contributed by atoms with Gasteiger partial charge >= 0.3 is 5.69 Å². The Bertz CT molecular complexity index is 1210. The second kappa shape index (κ2) is 8.78. The van der Waals surface area contributed by atoms with E-state index < -0.39 is 5.41 Å². The summed E-state index contributed by atoms with van der Waals surface area (Å²) in [6, 6.07) is 13.7. The summed E-state index contributed by atoms with van der Waals surface area (Å²) in [4.78, 5) is 26.3. The van der Waals surface area contributed by atoms with Gasteiger partial charge in [-0.25, -0.2) is 13.9 Å². The fourth-order valence-corrected chi connectivity index (χ4v) is 4.99. The minimum absolute atomic E-state index is 0.0178. The largest absolute Gasteiger partial charge is 0.353 e. The lowest BCUT2D eigenvalue weighted by Gasteiger charge is -2.28. The first-order chi connectivity index (χ1) is 16.0. The van der Waals surface area contributed by atoms with E-state index in [1.54, 1.807) is 16.7 Å². The topological polar surface area (TPSA) is 68.9 Å². The Kier molecular flexibility index (Phi) is 5.83. The van der Waals surface area contributed by atoms with Gasteiger partial charge in [-0.2, -0.15) is 0 Å². The SMILES string of the molecule is O=C(NCCn1nc(-c2ccc(F)cc2)n(C2CC2)c1=O)C1(c2ccc(Cl)cc2)CCCC1. The van der Waals surface area contributed by atoms with Crippen LogP contribution in [0.5, 0.6) is 0 Å². The summed E-state index contributed by atoms with van der Waals surface area (Å²) in [6.07, 6.45) is 5.46. The molecule has 3 aromatic rings. The molecule has 6 nitrogen and oxygen atoms in total. The van der Waals surface area contributed by atoms with Crippen LogP contribution in [0, 0.1) is 5.82 Å². The predicted octanol–water partition coefficient (Wildman–Crippen LogP) is 4.47. The maximum absolute atomic E-state index is 13.4. The Labute approximate surface area is 196 Å². The monoisotopic (exact) mass is 468 g/mol. The van der Waals surface area contributed by atoms with E-state index in [9.17, 15) is 14.0 Å². The van der Waals surface area contributed by atoms with E-state index in [4.69, 9.17) is 11.6 Å². The maximum atomic E-state index is 13.4. The second-order valence-electron chi connectivity index (χ2n) is 8.99. The van der Waals surface area contributed by atoms with E-state index in [0.29, 0.717) is 23.0 Å². The van der Waals surface area contributed by atoms with E-state index in [1.165, 1.54) is 16.8 Å². The van der Waals surface area contributed by atoms with Gasteiger partial charge in [0.15, 0.2) is 5.82 Å². The summed E-state index contributed by atoms with van der Waals surface area (Å²) in [5.74, 6) is 0.195. The predicted molar refractivity (Wildman–Crippen MR) is 125 cm³/mol. The molecule has 0 radical (unpaired) electrons. The summed E-state index contributed by atoms with van der Waals surface area (Å²) >= 11 is 6.04. The fraction of sp³-hybridized carbons (Fsp3) is 0.400. The minimum atomic E-state index is -0.553. The van der Waals surface area contributed by atoms with Crippen molar-refractivity contribution in [2.24, 2.45) is 0 Å². The molecule has 2 saturated carbocycles. The molecule has 172 valence electrons.